The van der Waals surface area contributed by atoms with Crippen LogP contribution in [0, 0.1) is 0 Å². The molecule has 2 N–H and O–H groups in total. The van der Waals surface area contributed by atoms with Crippen LogP contribution in [0.2, 0.25) is 0 Å². The lowest BCUT2D eigenvalue weighted by atomic mass is 10.8. The summed E-state index contributed by atoms with van der Waals surface area (Å²) in [5.41, 5.74) is 0. The highest BCUT2D eigenvalue weighted by atomic mass is 32.2. The Balaban J connectivity index is 3.05. The summed E-state index contributed by atoms with van der Waals surface area (Å²) in [5, 5.41) is 14.2. The van der Waals surface area contributed by atoms with Crippen LogP contribution in [-0.2, 0) is 4.74 Å². The van der Waals surface area contributed by atoms with Crippen molar-refractivity contribution in [3.8, 4) is 0 Å². The molecule has 0 unspecified atom stereocenters. The zero-order chi connectivity index (χ0) is 12.1. The van der Waals surface area contributed by atoms with E-state index in [4.69, 9.17) is 5.11 Å². The number of aliphatic hydroxyl groups is 1. The quantitative estimate of drug-likeness (QED) is 0.473. The predicted molar refractivity (Wildman–Crippen MR) is 77.3 cm³/mol. The molecule has 0 heterocycles. The van der Waals surface area contributed by atoms with Crippen molar-refractivity contribution in [3.63, 3.8) is 0 Å². The van der Waals surface area contributed by atoms with E-state index in [9.17, 15) is 4.79 Å². The Bertz CT molecular complexity index is 173. The van der Waals surface area contributed by atoms with Crippen molar-refractivity contribution in [2.75, 3.05) is 40.6 Å². The fraction of sp³-hybridized carbons (Fsp3) is 0.875. The topological polar surface area (TPSA) is 58.6 Å². The molecule has 16 heavy (non-hydrogen) atoms. The molecule has 0 radical (unpaired) electrons. The third-order valence-corrected chi connectivity index (χ3v) is 5.80. The molecule has 1 amide bonds. The van der Waals surface area contributed by atoms with Crippen molar-refractivity contribution in [1.29, 1.82) is 0 Å². The van der Waals surface area contributed by atoms with Gasteiger partial charge in [0.15, 0.2) is 0 Å². The normalized spacial score (nSPS) is 10.1. The van der Waals surface area contributed by atoms with Gasteiger partial charge in [-0.05, 0) is 6.26 Å². The Kier molecular flexibility index (Phi) is 14.2. The average molecular weight is 303 g/mol. The van der Waals surface area contributed by atoms with E-state index in [2.05, 4.69) is 16.3 Å². The summed E-state index contributed by atoms with van der Waals surface area (Å²) in [7, 11) is 0. The van der Waals surface area contributed by atoms with Crippen molar-refractivity contribution in [1.82, 2.24) is 5.32 Å². The second-order valence-corrected chi connectivity index (χ2v) is 7.35. The van der Waals surface area contributed by atoms with E-state index in [0.29, 0.717) is 5.88 Å². The number of rotatable bonds is 10. The molecule has 0 aromatic carbocycles. The largest absolute Gasteiger partial charge is 0.447 e. The molecule has 8 heteroatoms. The molecule has 0 saturated carbocycles. The first-order valence-electron chi connectivity index (χ1n) is 4.55. The number of thioether (sulfide) groups is 4. The molecule has 0 aliphatic carbocycles. The van der Waals surface area contributed by atoms with Gasteiger partial charge in [0.1, 0.15) is 6.61 Å². The monoisotopic (exact) mass is 303 g/mol. The molecule has 96 valence electrons. The number of hydrogen-bond acceptors (Lipinski definition) is 7. The van der Waals surface area contributed by atoms with Gasteiger partial charge in [-0.3, -0.25) is 0 Å². The standard InChI is InChI=1S/C8H17NO3S4/c1-13-5-15-7-16-6-14-4-9-8(11)12-3-2-10/h10H,2-7H2,1H3,(H,9,11). The third-order valence-electron chi connectivity index (χ3n) is 1.18. The van der Waals surface area contributed by atoms with Gasteiger partial charge in [0.25, 0.3) is 0 Å². The number of alkyl carbamates (subject to hydrolysis) is 1. The Morgan fingerprint density at radius 2 is 1.94 bits per heavy atom. The summed E-state index contributed by atoms with van der Waals surface area (Å²) in [6, 6.07) is 0. The molecule has 0 aromatic rings. The second kappa shape index (κ2) is 13.7. The Labute approximate surface area is 113 Å². The SMILES string of the molecule is CSCSCSCSCNC(=O)OCCO. The number of carbonyl (C=O) groups excluding carboxylic acids is 1. The second-order valence-electron chi connectivity index (χ2n) is 2.44. The van der Waals surface area contributed by atoms with Gasteiger partial charge in [-0.25, -0.2) is 4.79 Å². The van der Waals surface area contributed by atoms with Crippen molar-refractivity contribution >= 4 is 53.1 Å². The van der Waals surface area contributed by atoms with Crippen molar-refractivity contribution in [2.24, 2.45) is 0 Å². The molecular weight excluding hydrogens is 286 g/mol. The van der Waals surface area contributed by atoms with Crippen LogP contribution in [0.1, 0.15) is 0 Å². The molecule has 0 atom stereocenters. The van der Waals surface area contributed by atoms with E-state index >= 15 is 0 Å². The lowest BCUT2D eigenvalue weighted by molar-refractivity contribution is 0.120. The fourth-order valence-electron chi connectivity index (χ4n) is 0.610. The van der Waals surface area contributed by atoms with Crippen LogP contribution < -0.4 is 5.32 Å². The van der Waals surface area contributed by atoms with Crippen LogP contribution in [0.5, 0.6) is 0 Å². The Morgan fingerprint density at radius 3 is 2.62 bits per heavy atom. The van der Waals surface area contributed by atoms with Crippen LogP contribution in [0.15, 0.2) is 0 Å². The first-order valence-corrected chi connectivity index (χ1v) is 9.40. The number of amides is 1. The van der Waals surface area contributed by atoms with Gasteiger partial charge in [0, 0.05) is 15.3 Å². The maximum absolute atomic E-state index is 10.9. The summed E-state index contributed by atoms with van der Waals surface area (Å²) in [6.45, 7) is -0.0837. The predicted octanol–water partition coefficient (Wildman–Crippen LogP) is 2.10. The van der Waals surface area contributed by atoms with Crippen molar-refractivity contribution in [3.05, 3.63) is 0 Å². The minimum atomic E-state index is -0.469. The van der Waals surface area contributed by atoms with E-state index in [1.165, 1.54) is 0 Å². The van der Waals surface area contributed by atoms with Gasteiger partial charge in [-0.2, -0.15) is 11.8 Å². The molecule has 0 saturated heterocycles. The molecular formula is C8H17NO3S4. The zero-order valence-corrected chi connectivity index (χ0v) is 12.4. The van der Waals surface area contributed by atoms with Crippen LogP contribution in [-0.4, -0.2) is 51.8 Å². The first-order chi connectivity index (χ1) is 7.81. The average Bonchev–Trinajstić information content (AvgIpc) is 2.30. The maximum atomic E-state index is 10.9. The molecule has 0 bridgehead atoms. The van der Waals surface area contributed by atoms with E-state index in [1.807, 2.05) is 35.3 Å². The lowest BCUT2D eigenvalue weighted by Gasteiger charge is -2.05. The van der Waals surface area contributed by atoms with Gasteiger partial charge >= 0.3 is 6.09 Å². The van der Waals surface area contributed by atoms with Crippen LogP contribution >= 0.6 is 47.0 Å². The summed E-state index contributed by atoms with van der Waals surface area (Å²) >= 11 is 7.22. The summed E-state index contributed by atoms with van der Waals surface area (Å²) in [6.07, 6.45) is 1.62. The molecule has 0 rings (SSSR count). The highest BCUT2D eigenvalue weighted by Gasteiger charge is 1.99. The van der Waals surface area contributed by atoms with Gasteiger partial charge in [-0.1, -0.05) is 0 Å². The minimum Gasteiger partial charge on any atom is -0.447 e. The lowest BCUT2D eigenvalue weighted by Crippen LogP contribution is -2.24. The molecule has 0 fully saturated rings. The highest BCUT2D eigenvalue weighted by Crippen LogP contribution is 2.19. The Hall–Kier alpha value is 0.630. The van der Waals surface area contributed by atoms with Crippen LogP contribution in [0.25, 0.3) is 0 Å². The van der Waals surface area contributed by atoms with E-state index in [1.54, 1.807) is 11.8 Å². The number of aliphatic hydroxyl groups excluding tert-OH is 1. The molecule has 0 spiro atoms. The number of nitrogens with one attached hydrogen (secondary N) is 1. The molecule has 0 aromatic heterocycles. The summed E-state index contributed by atoms with van der Waals surface area (Å²) in [5.74, 6) is 0.546. The first kappa shape index (κ1) is 16.6. The van der Waals surface area contributed by atoms with E-state index in [0.717, 1.165) is 15.3 Å². The minimum absolute atomic E-state index is 0.0522. The molecule has 4 nitrogen and oxygen atoms in total. The fourth-order valence-corrected chi connectivity index (χ4v) is 4.54. The summed E-state index contributed by atoms with van der Waals surface area (Å²) < 4.78 is 4.62. The maximum Gasteiger partial charge on any atom is 0.407 e. The molecule has 0 aliphatic rings. The molecule has 0 aliphatic heterocycles. The van der Waals surface area contributed by atoms with E-state index < -0.39 is 6.09 Å². The van der Waals surface area contributed by atoms with Gasteiger partial charge in [0.05, 0.1) is 12.5 Å². The highest BCUT2D eigenvalue weighted by molar-refractivity contribution is 8.25. The smallest absolute Gasteiger partial charge is 0.407 e. The zero-order valence-electron chi connectivity index (χ0n) is 9.14. The Morgan fingerprint density at radius 1 is 1.25 bits per heavy atom. The number of carbonyl (C=O) groups is 1. The van der Waals surface area contributed by atoms with Crippen LogP contribution in [0.3, 0.4) is 0 Å². The number of hydrogen-bond donors (Lipinski definition) is 2. The van der Waals surface area contributed by atoms with Gasteiger partial charge < -0.3 is 15.2 Å². The van der Waals surface area contributed by atoms with Gasteiger partial charge in [0.2, 0.25) is 0 Å². The van der Waals surface area contributed by atoms with Crippen molar-refractivity contribution < 1.29 is 14.6 Å². The number of ether oxygens (including phenoxy) is 1. The summed E-state index contributed by atoms with van der Waals surface area (Å²) in [4.78, 5) is 10.9. The van der Waals surface area contributed by atoms with Gasteiger partial charge in [-0.15, -0.1) is 35.3 Å². The van der Waals surface area contributed by atoms with Crippen LogP contribution in [0.4, 0.5) is 4.79 Å². The third kappa shape index (κ3) is 12.7. The van der Waals surface area contributed by atoms with Crippen molar-refractivity contribution in [2.45, 2.75) is 0 Å². The van der Waals surface area contributed by atoms with E-state index in [-0.39, 0.29) is 13.2 Å².